The van der Waals surface area contributed by atoms with Crippen LogP contribution in [0.3, 0.4) is 0 Å². The number of hydrogen-bond acceptors (Lipinski definition) is 2. The summed E-state index contributed by atoms with van der Waals surface area (Å²) in [6.45, 7) is 4.95. The van der Waals surface area contributed by atoms with Crippen molar-refractivity contribution in [2.24, 2.45) is 0 Å². The number of benzene rings is 1. The minimum Gasteiger partial charge on any atom is -0.307 e. The van der Waals surface area contributed by atoms with Crippen LogP contribution in [0.2, 0.25) is 5.02 Å². The Morgan fingerprint density at radius 1 is 1.29 bits per heavy atom. The van der Waals surface area contributed by atoms with Crippen molar-refractivity contribution in [3.63, 3.8) is 0 Å². The summed E-state index contributed by atoms with van der Waals surface area (Å²) in [5.74, 6) is 0.137. The number of carbonyl (C=O) groups excluding carboxylic acids is 1. The molecule has 1 atom stereocenters. The zero-order chi connectivity index (χ0) is 12.4. The first-order chi connectivity index (χ1) is 8.09. The molecule has 0 radical (unpaired) electrons. The highest BCUT2D eigenvalue weighted by atomic mass is 35.5. The third-order valence-corrected chi connectivity index (χ3v) is 3.79. The molecule has 0 aliphatic carbocycles. The molecule has 3 heteroatoms. The summed E-state index contributed by atoms with van der Waals surface area (Å²) in [6, 6.07) is 3.74. The molecule has 2 rings (SSSR count). The Morgan fingerprint density at radius 2 is 2.00 bits per heavy atom. The Kier molecular flexibility index (Phi) is 3.85. The molecule has 1 heterocycles. The molecule has 0 bridgehead atoms. The van der Waals surface area contributed by atoms with Gasteiger partial charge in [0.2, 0.25) is 0 Å². The van der Waals surface area contributed by atoms with Crippen molar-refractivity contribution in [1.29, 1.82) is 0 Å². The topological polar surface area (TPSA) is 29.1 Å². The smallest absolute Gasteiger partial charge is 0.181 e. The van der Waals surface area contributed by atoms with E-state index in [4.69, 9.17) is 11.6 Å². The Hall–Kier alpha value is -0.860. The summed E-state index contributed by atoms with van der Waals surface area (Å²) in [5.41, 5.74) is 2.91. The Balaban J connectivity index is 2.26. The van der Waals surface area contributed by atoms with E-state index in [0.717, 1.165) is 36.9 Å². The van der Waals surface area contributed by atoms with Gasteiger partial charge < -0.3 is 5.32 Å². The zero-order valence-electron chi connectivity index (χ0n) is 10.3. The van der Waals surface area contributed by atoms with Crippen molar-refractivity contribution < 1.29 is 4.79 Å². The number of halogens is 1. The minimum atomic E-state index is -0.0524. The Labute approximate surface area is 107 Å². The van der Waals surface area contributed by atoms with E-state index < -0.39 is 0 Å². The standard InChI is InChI=1S/C14H18ClNO/c1-9-7-11(12(15)8-10(9)2)14(17)13-5-3-4-6-16-13/h7-8,13,16H,3-6H2,1-2H3. The van der Waals surface area contributed by atoms with E-state index in [-0.39, 0.29) is 11.8 Å². The van der Waals surface area contributed by atoms with Gasteiger partial charge in [0.15, 0.2) is 5.78 Å². The van der Waals surface area contributed by atoms with Crippen LogP contribution < -0.4 is 5.32 Å². The Morgan fingerprint density at radius 3 is 2.65 bits per heavy atom. The summed E-state index contributed by atoms with van der Waals surface area (Å²) in [6.07, 6.45) is 3.19. The fourth-order valence-electron chi connectivity index (χ4n) is 2.23. The summed E-state index contributed by atoms with van der Waals surface area (Å²) < 4.78 is 0. The fraction of sp³-hybridized carbons (Fsp3) is 0.500. The summed E-state index contributed by atoms with van der Waals surface area (Å²) in [5, 5.41) is 3.84. The van der Waals surface area contributed by atoms with Gasteiger partial charge in [0.25, 0.3) is 0 Å². The monoisotopic (exact) mass is 251 g/mol. The van der Waals surface area contributed by atoms with E-state index in [0.29, 0.717) is 10.6 Å². The van der Waals surface area contributed by atoms with Gasteiger partial charge >= 0.3 is 0 Å². The highest BCUT2D eigenvalue weighted by Crippen LogP contribution is 2.23. The van der Waals surface area contributed by atoms with E-state index in [2.05, 4.69) is 5.32 Å². The molecule has 17 heavy (non-hydrogen) atoms. The first kappa shape index (κ1) is 12.6. The van der Waals surface area contributed by atoms with Crippen molar-refractivity contribution in [1.82, 2.24) is 5.32 Å². The van der Waals surface area contributed by atoms with Gasteiger partial charge in [-0.25, -0.2) is 0 Å². The Bertz CT molecular complexity index is 436. The van der Waals surface area contributed by atoms with Crippen molar-refractivity contribution >= 4 is 17.4 Å². The number of rotatable bonds is 2. The molecular weight excluding hydrogens is 234 g/mol. The van der Waals surface area contributed by atoms with Gasteiger partial charge in [0, 0.05) is 5.56 Å². The van der Waals surface area contributed by atoms with Crippen LogP contribution in [0, 0.1) is 13.8 Å². The molecule has 1 fully saturated rings. The molecule has 1 aromatic carbocycles. The highest BCUT2D eigenvalue weighted by Gasteiger charge is 2.23. The number of piperidine rings is 1. The van der Waals surface area contributed by atoms with E-state index in [1.165, 1.54) is 0 Å². The van der Waals surface area contributed by atoms with E-state index in [9.17, 15) is 4.79 Å². The predicted molar refractivity (Wildman–Crippen MR) is 70.9 cm³/mol. The average Bonchev–Trinajstić information content (AvgIpc) is 2.34. The second-order valence-electron chi connectivity index (χ2n) is 4.78. The fourth-order valence-corrected chi connectivity index (χ4v) is 2.54. The number of nitrogens with one attached hydrogen (secondary N) is 1. The first-order valence-electron chi connectivity index (χ1n) is 6.14. The van der Waals surface area contributed by atoms with Gasteiger partial charge in [-0.15, -0.1) is 0 Å². The van der Waals surface area contributed by atoms with Gasteiger partial charge in [-0.3, -0.25) is 4.79 Å². The molecule has 1 aliphatic heterocycles. The van der Waals surface area contributed by atoms with Crippen molar-refractivity contribution in [2.45, 2.75) is 39.2 Å². The quantitative estimate of drug-likeness (QED) is 0.818. The lowest BCUT2D eigenvalue weighted by molar-refractivity contribution is 0.0927. The lowest BCUT2D eigenvalue weighted by Crippen LogP contribution is -2.40. The average molecular weight is 252 g/mol. The van der Waals surface area contributed by atoms with E-state index in [1.54, 1.807) is 0 Å². The molecule has 1 unspecified atom stereocenters. The first-order valence-corrected chi connectivity index (χ1v) is 6.51. The molecule has 1 saturated heterocycles. The molecule has 0 spiro atoms. The van der Waals surface area contributed by atoms with Crippen molar-refractivity contribution in [2.75, 3.05) is 6.54 Å². The SMILES string of the molecule is Cc1cc(Cl)c(C(=O)C2CCCCN2)cc1C. The molecule has 0 amide bonds. The van der Waals surface area contributed by atoms with Crippen LogP contribution in [0.15, 0.2) is 12.1 Å². The molecule has 1 N–H and O–H groups in total. The molecule has 0 aromatic heterocycles. The maximum atomic E-state index is 12.3. The summed E-state index contributed by atoms with van der Waals surface area (Å²) in [7, 11) is 0. The zero-order valence-corrected chi connectivity index (χ0v) is 11.1. The van der Waals surface area contributed by atoms with Gasteiger partial charge in [-0.2, -0.15) is 0 Å². The van der Waals surface area contributed by atoms with Crippen LogP contribution in [0.1, 0.15) is 40.7 Å². The largest absolute Gasteiger partial charge is 0.307 e. The maximum Gasteiger partial charge on any atom is 0.181 e. The number of Topliss-reactive ketones (excluding diaryl/α,β-unsaturated/α-hetero) is 1. The third kappa shape index (κ3) is 2.70. The van der Waals surface area contributed by atoms with Gasteiger partial charge in [-0.1, -0.05) is 18.0 Å². The lowest BCUT2D eigenvalue weighted by Gasteiger charge is -2.22. The number of aryl methyl sites for hydroxylation is 2. The molecule has 0 saturated carbocycles. The van der Waals surface area contributed by atoms with Crippen LogP contribution in [0.4, 0.5) is 0 Å². The predicted octanol–water partition coefficient (Wildman–Crippen LogP) is 3.28. The molecule has 2 nitrogen and oxygen atoms in total. The van der Waals surface area contributed by atoms with Crippen LogP contribution in [0.5, 0.6) is 0 Å². The number of carbonyl (C=O) groups is 1. The number of hydrogen-bond donors (Lipinski definition) is 1. The number of ketones is 1. The van der Waals surface area contributed by atoms with Crippen LogP contribution in [-0.2, 0) is 0 Å². The van der Waals surface area contributed by atoms with Gasteiger partial charge in [0.05, 0.1) is 11.1 Å². The van der Waals surface area contributed by atoms with Crippen molar-refractivity contribution in [3.05, 3.63) is 33.8 Å². The summed E-state index contributed by atoms with van der Waals surface area (Å²) in [4.78, 5) is 12.3. The van der Waals surface area contributed by atoms with Crippen molar-refractivity contribution in [3.8, 4) is 0 Å². The molecule has 92 valence electrons. The van der Waals surface area contributed by atoms with Crippen LogP contribution in [0.25, 0.3) is 0 Å². The third-order valence-electron chi connectivity index (χ3n) is 3.48. The van der Waals surface area contributed by atoms with Crippen LogP contribution >= 0.6 is 11.6 Å². The minimum absolute atomic E-state index is 0.0524. The highest BCUT2D eigenvalue weighted by molar-refractivity contribution is 6.34. The molecule has 1 aliphatic rings. The van der Waals surface area contributed by atoms with Crippen LogP contribution in [-0.4, -0.2) is 18.4 Å². The normalized spacial score (nSPS) is 20.3. The maximum absolute atomic E-state index is 12.3. The van der Waals surface area contributed by atoms with Gasteiger partial charge in [-0.05, 0) is 56.5 Å². The summed E-state index contributed by atoms with van der Waals surface area (Å²) >= 11 is 6.17. The molecule has 1 aromatic rings. The second kappa shape index (κ2) is 5.19. The van der Waals surface area contributed by atoms with E-state index in [1.807, 2.05) is 26.0 Å². The molecular formula is C14H18ClNO. The van der Waals surface area contributed by atoms with E-state index >= 15 is 0 Å². The lowest BCUT2D eigenvalue weighted by atomic mass is 9.94. The van der Waals surface area contributed by atoms with Gasteiger partial charge in [0.1, 0.15) is 0 Å². The second-order valence-corrected chi connectivity index (χ2v) is 5.19.